The van der Waals surface area contributed by atoms with E-state index < -0.39 is 24.5 Å². The van der Waals surface area contributed by atoms with Gasteiger partial charge in [0.25, 0.3) is 0 Å². The molecule has 1 aromatic heterocycles. The standard InChI is InChI=1S/C18H25F3N2O4S/c1-11(13-5-6-14(28-13)26-10-18(19,20)21)22-15(24)12-7-8-23(9-12)16(25)27-17(2,3)4/h5-6,11-12H,7-10H2,1-4H3,(H,22,24)/t11-,12?/m1/s1. The van der Waals surface area contributed by atoms with Gasteiger partial charge in [-0.3, -0.25) is 4.79 Å². The van der Waals surface area contributed by atoms with Gasteiger partial charge in [0.15, 0.2) is 11.7 Å². The molecule has 0 aromatic carbocycles. The molecule has 1 unspecified atom stereocenters. The van der Waals surface area contributed by atoms with Gasteiger partial charge >= 0.3 is 12.3 Å². The van der Waals surface area contributed by atoms with E-state index >= 15 is 0 Å². The van der Waals surface area contributed by atoms with Crippen molar-refractivity contribution in [2.75, 3.05) is 19.7 Å². The summed E-state index contributed by atoms with van der Waals surface area (Å²) in [6.07, 6.45) is -4.31. The topological polar surface area (TPSA) is 67.9 Å². The van der Waals surface area contributed by atoms with Gasteiger partial charge in [-0.25, -0.2) is 4.79 Å². The maximum absolute atomic E-state index is 12.5. The summed E-state index contributed by atoms with van der Waals surface area (Å²) in [5, 5.41) is 2.99. The van der Waals surface area contributed by atoms with Crippen molar-refractivity contribution in [1.29, 1.82) is 0 Å². The summed E-state index contributed by atoms with van der Waals surface area (Å²) in [6.45, 7) is 6.45. The minimum atomic E-state index is -4.40. The quantitative estimate of drug-likeness (QED) is 0.775. The van der Waals surface area contributed by atoms with Crippen molar-refractivity contribution < 1.29 is 32.2 Å². The van der Waals surface area contributed by atoms with Crippen LogP contribution in [0.1, 0.15) is 45.0 Å². The molecule has 2 atom stereocenters. The highest BCUT2D eigenvalue weighted by atomic mass is 32.1. The molecule has 2 amide bonds. The molecule has 1 aliphatic heterocycles. The minimum Gasteiger partial charge on any atom is -0.475 e. The van der Waals surface area contributed by atoms with Crippen LogP contribution in [0.15, 0.2) is 12.1 Å². The molecule has 10 heteroatoms. The normalized spacial score (nSPS) is 18.7. The number of alkyl halides is 3. The molecule has 0 saturated carbocycles. The number of carbonyl (C=O) groups is 2. The predicted octanol–water partition coefficient (Wildman–Crippen LogP) is 4.12. The molecule has 6 nitrogen and oxygen atoms in total. The van der Waals surface area contributed by atoms with E-state index in [0.29, 0.717) is 17.8 Å². The van der Waals surface area contributed by atoms with Crippen LogP contribution < -0.4 is 10.1 Å². The third-order valence-corrected chi connectivity index (χ3v) is 5.16. The second-order valence-corrected chi connectivity index (χ2v) is 8.78. The Morgan fingerprint density at radius 2 is 2.00 bits per heavy atom. The number of rotatable bonds is 5. The summed E-state index contributed by atoms with van der Waals surface area (Å²) in [5.74, 6) is -0.555. The number of nitrogens with zero attached hydrogens (tertiary/aromatic N) is 1. The number of halogens is 3. The second-order valence-electron chi connectivity index (χ2n) is 7.70. The van der Waals surface area contributed by atoms with Crippen molar-refractivity contribution in [2.45, 2.75) is 51.9 Å². The Hall–Kier alpha value is -1.97. The van der Waals surface area contributed by atoms with Crippen molar-refractivity contribution in [3.05, 3.63) is 17.0 Å². The Bertz CT molecular complexity index is 700. The molecule has 1 N–H and O–H groups in total. The fourth-order valence-corrected chi connectivity index (χ4v) is 3.52. The fraction of sp³-hybridized carbons (Fsp3) is 0.667. The van der Waals surface area contributed by atoms with Crippen LogP contribution in [0.2, 0.25) is 0 Å². The fourth-order valence-electron chi connectivity index (χ4n) is 2.67. The van der Waals surface area contributed by atoms with Gasteiger partial charge in [-0.05, 0) is 46.2 Å². The Morgan fingerprint density at radius 3 is 2.61 bits per heavy atom. The molecule has 2 rings (SSSR count). The third kappa shape index (κ3) is 6.88. The highest BCUT2D eigenvalue weighted by Gasteiger charge is 2.34. The minimum absolute atomic E-state index is 0.144. The van der Waals surface area contributed by atoms with Crippen molar-refractivity contribution in [1.82, 2.24) is 10.2 Å². The van der Waals surface area contributed by atoms with Gasteiger partial charge in [-0.1, -0.05) is 0 Å². The Kier molecular flexibility index (Phi) is 6.84. The van der Waals surface area contributed by atoms with Crippen LogP contribution in [0.25, 0.3) is 0 Å². The van der Waals surface area contributed by atoms with E-state index in [4.69, 9.17) is 9.47 Å². The molecule has 0 bridgehead atoms. The molecular weight excluding hydrogens is 397 g/mol. The smallest absolute Gasteiger partial charge is 0.422 e. The van der Waals surface area contributed by atoms with Gasteiger partial charge in [-0.2, -0.15) is 13.2 Å². The summed E-state index contributed by atoms with van der Waals surface area (Å²) in [7, 11) is 0. The highest BCUT2D eigenvalue weighted by molar-refractivity contribution is 7.13. The van der Waals surface area contributed by atoms with Crippen molar-refractivity contribution in [3.63, 3.8) is 0 Å². The summed E-state index contributed by atoms with van der Waals surface area (Å²) < 4.78 is 46.7. The zero-order chi connectivity index (χ0) is 21.1. The van der Waals surface area contributed by atoms with E-state index in [2.05, 4.69) is 5.32 Å². The van der Waals surface area contributed by atoms with Crippen LogP contribution in [-0.4, -0.2) is 48.4 Å². The maximum Gasteiger partial charge on any atom is 0.422 e. The molecule has 0 radical (unpaired) electrons. The molecule has 0 spiro atoms. The highest BCUT2D eigenvalue weighted by Crippen LogP contribution is 2.31. The van der Waals surface area contributed by atoms with Crippen LogP contribution in [0.4, 0.5) is 18.0 Å². The van der Waals surface area contributed by atoms with E-state index in [1.807, 2.05) is 0 Å². The van der Waals surface area contributed by atoms with Crippen LogP contribution in [0.5, 0.6) is 5.06 Å². The van der Waals surface area contributed by atoms with E-state index in [-0.39, 0.29) is 29.5 Å². The Morgan fingerprint density at radius 1 is 1.32 bits per heavy atom. The van der Waals surface area contributed by atoms with Gasteiger partial charge in [0.05, 0.1) is 12.0 Å². The second kappa shape index (κ2) is 8.59. The number of ether oxygens (including phenoxy) is 2. The first-order valence-corrected chi connectivity index (χ1v) is 9.73. The summed E-state index contributed by atoms with van der Waals surface area (Å²) >= 11 is 1.06. The van der Waals surface area contributed by atoms with Gasteiger partial charge in [0, 0.05) is 18.0 Å². The maximum atomic E-state index is 12.5. The summed E-state index contributed by atoms with van der Waals surface area (Å²) in [6, 6.07) is 2.70. The predicted molar refractivity (Wildman–Crippen MR) is 98.3 cm³/mol. The molecule has 1 aromatic rings. The first-order chi connectivity index (χ1) is 12.8. The first kappa shape index (κ1) is 22.3. The van der Waals surface area contributed by atoms with Gasteiger partial charge in [0.1, 0.15) is 5.60 Å². The molecule has 28 heavy (non-hydrogen) atoms. The largest absolute Gasteiger partial charge is 0.475 e. The summed E-state index contributed by atoms with van der Waals surface area (Å²) in [5.41, 5.74) is -0.600. The molecule has 0 aliphatic carbocycles. The van der Waals surface area contributed by atoms with E-state index in [1.165, 1.54) is 11.0 Å². The third-order valence-electron chi connectivity index (χ3n) is 3.98. The number of likely N-dealkylation sites (tertiary alicyclic amines) is 1. The molecule has 1 aliphatic rings. The molecule has 1 saturated heterocycles. The number of carbonyl (C=O) groups excluding carboxylic acids is 2. The van der Waals surface area contributed by atoms with E-state index in [1.54, 1.807) is 33.8 Å². The van der Waals surface area contributed by atoms with Gasteiger partial charge < -0.3 is 19.7 Å². The lowest BCUT2D eigenvalue weighted by atomic mass is 10.1. The Labute approximate surface area is 166 Å². The monoisotopic (exact) mass is 422 g/mol. The number of hydrogen-bond acceptors (Lipinski definition) is 5. The van der Waals surface area contributed by atoms with E-state index in [0.717, 1.165) is 11.3 Å². The number of hydrogen-bond donors (Lipinski definition) is 1. The Balaban J connectivity index is 1.84. The zero-order valence-electron chi connectivity index (χ0n) is 16.3. The number of amides is 2. The molecule has 158 valence electrons. The van der Waals surface area contributed by atoms with Crippen LogP contribution >= 0.6 is 11.3 Å². The lowest BCUT2D eigenvalue weighted by Gasteiger charge is -2.24. The van der Waals surface area contributed by atoms with Gasteiger partial charge in [0.2, 0.25) is 5.91 Å². The van der Waals surface area contributed by atoms with Crippen LogP contribution in [-0.2, 0) is 9.53 Å². The lowest BCUT2D eigenvalue weighted by Crippen LogP contribution is -2.38. The van der Waals surface area contributed by atoms with Crippen molar-refractivity contribution in [2.24, 2.45) is 5.92 Å². The van der Waals surface area contributed by atoms with E-state index in [9.17, 15) is 22.8 Å². The average molecular weight is 422 g/mol. The zero-order valence-corrected chi connectivity index (χ0v) is 17.1. The summed E-state index contributed by atoms with van der Waals surface area (Å²) in [4.78, 5) is 26.8. The first-order valence-electron chi connectivity index (χ1n) is 8.91. The molecular formula is C18H25F3N2O4S. The SMILES string of the molecule is C[C@@H](NC(=O)C1CCN(C(=O)OC(C)(C)C)C1)c1ccc(OCC(F)(F)F)s1. The number of thiophene rings is 1. The van der Waals surface area contributed by atoms with Gasteiger partial charge in [-0.15, -0.1) is 11.3 Å². The van der Waals surface area contributed by atoms with Crippen LogP contribution in [0.3, 0.4) is 0 Å². The number of nitrogens with one attached hydrogen (secondary N) is 1. The van der Waals surface area contributed by atoms with Crippen molar-refractivity contribution in [3.8, 4) is 5.06 Å². The lowest BCUT2D eigenvalue weighted by molar-refractivity contribution is -0.152. The molecule has 2 heterocycles. The average Bonchev–Trinajstić information content (AvgIpc) is 3.20. The molecule has 1 fully saturated rings. The van der Waals surface area contributed by atoms with Crippen LogP contribution in [0, 0.1) is 5.92 Å². The van der Waals surface area contributed by atoms with Crippen molar-refractivity contribution >= 4 is 23.3 Å².